The normalized spacial score (nSPS) is 10.5. The summed E-state index contributed by atoms with van der Waals surface area (Å²) in [6, 6.07) is 11.6. The summed E-state index contributed by atoms with van der Waals surface area (Å²) < 4.78 is 11.2. The van der Waals surface area contributed by atoms with E-state index in [1.54, 1.807) is 11.3 Å². The van der Waals surface area contributed by atoms with Crippen molar-refractivity contribution in [2.75, 3.05) is 6.61 Å². The number of hydrogen-bond acceptors (Lipinski definition) is 4. The Morgan fingerprint density at radius 3 is 2.95 bits per heavy atom. The van der Waals surface area contributed by atoms with Gasteiger partial charge >= 0.3 is 0 Å². The maximum atomic E-state index is 9.08. The van der Waals surface area contributed by atoms with Crippen LogP contribution in [0.1, 0.15) is 11.3 Å². The third-order valence-corrected chi connectivity index (χ3v) is 3.60. The maximum absolute atomic E-state index is 9.08. The standard InChI is InChI=1S/C15H11NO2S/c16-9-14-15(12-3-1-2-4-13(12)18-14)17-7-5-11-6-8-19-10-11/h1-4,6,8,10H,5,7H2. The third-order valence-electron chi connectivity index (χ3n) is 2.87. The van der Waals surface area contributed by atoms with E-state index in [1.165, 1.54) is 5.56 Å². The zero-order chi connectivity index (χ0) is 13.1. The van der Waals surface area contributed by atoms with Crippen molar-refractivity contribution >= 4 is 22.3 Å². The highest BCUT2D eigenvalue weighted by atomic mass is 32.1. The molecule has 3 nitrogen and oxygen atoms in total. The number of furan rings is 1. The van der Waals surface area contributed by atoms with Gasteiger partial charge in [-0.2, -0.15) is 16.6 Å². The molecule has 0 aliphatic rings. The fourth-order valence-electron chi connectivity index (χ4n) is 1.94. The third kappa shape index (κ3) is 2.33. The van der Waals surface area contributed by atoms with Gasteiger partial charge in [0.1, 0.15) is 11.7 Å². The van der Waals surface area contributed by atoms with Crippen LogP contribution in [-0.4, -0.2) is 6.61 Å². The van der Waals surface area contributed by atoms with Crippen LogP contribution >= 0.6 is 11.3 Å². The van der Waals surface area contributed by atoms with E-state index in [4.69, 9.17) is 14.4 Å². The van der Waals surface area contributed by atoms with Gasteiger partial charge in [0.15, 0.2) is 5.75 Å². The highest BCUT2D eigenvalue weighted by molar-refractivity contribution is 7.07. The fourth-order valence-corrected chi connectivity index (χ4v) is 2.65. The second-order valence-corrected chi connectivity index (χ2v) is 4.88. The molecule has 0 spiro atoms. The number of rotatable bonds is 4. The van der Waals surface area contributed by atoms with Crippen LogP contribution in [0.25, 0.3) is 11.0 Å². The van der Waals surface area contributed by atoms with Gasteiger partial charge in [0.2, 0.25) is 5.76 Å². The first-order valence-electron chi connectivity index (χ1n) is 5.94. The molecule has 0 atom stereocenters. The average Bonchev–Trinajstić information content (AvgIpc) is 3.06. The van der Waals surface area contributed by atoms with Crippen LogP contribution < -0.4 is 4.74 Å². The minimum atomic E-state index is 0.242. The lowest BCUT2D eigenvalue weighted by Crippen LogP contribution is -2.00. The Morgan fingerprint density at radius 2 is 2.16 bits per heavy atom. The van der Waals surface area contributed by atoms with Crippen molar-refractivity contribution in [1.29, 1.82) is 5.26 Å². The largest absolute Gasteiger partial charge is 0.488 e. The summed E-state index contributed by atoms with van der Waals surface area (Å²) in [7, 11) is 0. The smallest absolute Gasteiger partial charge is 0.246 e. The number of nitriles is 1. The summed E-state index contributed by atoms with van der Waals surface area (Å²) in [6.45, 7) is 0.537. The Balaban J connectivity index is 1.82. The summed E-state index contributed by atoms with van der Waals surface area (Å²) in [5.41, 5.74) is 1.93. The molecule has 0 aliphatic carbocycles. The Kier molecular flexibility index (Phi) is 3.21. The molecule has 0 unspecified atom stereocenters. The van der Waals surface area contributed by atoms with Crippen molar-refractivity contribution in [2.45, 2.75) is 6.42 Å². The molecule has 0 radical (unpaired) electrons. The molecule has 0 aliphatic heterocycles. The molecule has 1 aromatic carbocycles. The van der Waals surface area contributed by atoms with E-state index in [9.17, 15) is 0 Å². The molecule has 2 heterocycles. The van der Waals surface area contributed by atoms with E-state index < -0.39 is 0 Å². The van der Waals surface area contributed by atoms with Crippen molar-refractivity contribution in [2.24, 2.45) is 0 Å². The van der Waals surface area contributed by atoms with Gasteiger partial charge < -0.3 is 9.15 Å². The van der Waals surface area contributed by atoms with Crippen molar-refractivity contribution in [3.8, 4) is 11.8 Å². The van der Waals surface area contributed by atoms with Gasteiger partial charge in [-0.3, -0.25) is 0 Å². The van der Waals surface area contributed by atoms with E-state index in [-0.39, 0.29) is 5.76 Å². The summed E-state index contributed by atoms with van der Waals surface area (Å²) in [5, 5.41) is 14.1. The molecule has 3 rings (SSSR count). The number of fused-ring (bicyclic) bond motifs is 1. The second-order valence-electron chi connectivity index (χ2n) is 4.10. The van der Waals surface area contributed by atoms with Gasteiger partial charge in [0.25, 0.3) is 0 Å². The molecule has 4 heteroatoms. The molecule has 0 bridgehead atoms. The highest BCUT2D eigenvalue weighted by Crippen LogP contribution is 2.32. The quantitative estimate of drug-likeness (QED) is 0.719. The molecule has 0 N–H and O–H groups in total. The summed E-state index contributed by atoms with van der Waals surface area (Å²) in [4.78, 5) is 0. The molecular weight excluding hydrogens is 258 g/mol. The predicted octanol–water partition coefficient (Wildman–Crippen LogP) is 3.99. The molecule has 3 aromatic rings. The highest BCUT2D eigenvalue weighted by Gasteiger charge is 2.14. The zero-order valence-electron chi connectivity index (χ0n) is 10.1. The SMILES string of the molecule is N#Cc1oc2ccccc2c1OCCc1ccsc1. The summed E-state index contributed by atoms with van der Waals surface area (Å²) >= 11 is 1.67. The van der Waals surface area contributed by atoms with Gasteiger partial charge in [-0.05, 0) is 34.5 Å². The minimum absolute atomic E-state index is 0.242. The van der Waals surface area contributed by atoms with Crippen LogP contribution in [0.4, 0.5) is 0 Å². The van der Waals surface area contributed by atoms with Gasteiger partial charge in [-0.1, -0.05) is 12.1 Å². The van der Waals surface area contributed by atoms with Crippen LogP contribution in [-0.2, 0) is 6.42 Å². The Morgan fingerprint density at radius 1 is 1.26 bits per heavy atom. The molecule has 0 saturated carbocycles. The molecule has 2 aromatic heterocycles. The maximum Gasteiger partial charge on any atom is 0.246 e. The van der Waals surface area contributed by atoms with Crippen LogP contribution in [0.3, 0.4) is 0 Å². The number of para-hydroxylation sites is 1. The lowest BCUT2D eigenvalue weighted by molar-refractivity contribution is 0.319. The average molecular weight is 269 g/mol. The Bertz CT molecular complexity index is 722. The van der Waals surface area contributed by atoms with Gasteiger partial charge in [-0.25, -0.2) is 0 Å². The van der Waals surface area contributed by atoms with Crippen LogP contribution in [0.5, 0.6) is 5.75 Å². The van der Waals surface area contributed by atoms with Gasteiger partial charge in [-0.15, -0.1) is 0 Å². The van der Waals surface area contributed by atoms with E-state index in [1.807, 2.05) is 35.7 Å². The number of ether oxygens (including phenoxy) is 1. The minimum Gasteiger partial charge on any atom is -0.488 e. The van der Waals surface area contributed by atoms with Crippen molar-refractivity contribution in [3.05, 3.63) is 52.4 Å². The van der Waals surface area contributed by atoms with Crippen molar-refractivity contribution in [3.63, 3.8) is 0 Å². The van der Waals surface area contributed by atoms with Crippen molar-refractivity contribution in [1.82, 2.24) is 0 Å². The molecular formula is C15H11NO2S. The molecule has 0 saturated heterocycles. The lowest BCUT2D eigenvalue weighted by atomic mass is 10.2. The molecule has 0 amide bonds. The van der Waals surface area contributed by atoms with E-state index in [2.05, 4.69) is 11.4 Å². The Labute approximate surface area is 114 Å². The number of nitrogens with zero attached hydrogens (tertiary/aromatic N) is 1. The monoisotopic (exact) mass is 269 g/mol. The van der Waals surface area contributed by atoms with Gasteiger partial charge in [0, 0.05) is 6.42 Å². The molecule has 0 fully saturated rings. The molecule has 19 heavy (non-hydrogen) atoms. The lowest BCUT2D eigenvalue weighted by Gasteiger charge is -2.03. The van der Waals surface area contributed by atoms with Crippen LogP contribution in [0.15, 0.2) is 45.5 Å². The summed E-state index contributed by atoms with van der Waals surface area (Å²) in [5.74, 6) is 0.792. The summed E-state index contributed by atoms with van der Waals surface area (Å²) in [6.07, 6.45) is 0.827. The first-order valence-corrected chi connectivity index (χ1v) is 6.88. The van der Waals surface area contributed by atoms with Crippen LogP contribution in [0.2, 0.25) is 0 Å². The van der Waals surface area contributed by atoms with E-state index in [0.29, 0.717) is 17.9 Å². The number of benzene rings is 1. The van der Waals surface area contributed by atoms with Crippen LogP contribution in [0, 0.1) is 11.3 Å². The first-order chi connectivity index (χ1) is 9.38. The Hall–Kier alpha value is -2.25. The number of hydrogen-bond donors (Lipinski definition) is 0. The number of thiophene rings is 1. The second kappa shape index (κ2) is 5.17. The van der Waals surface area contributed by atoms with Gasteiger partial charge in [0.05, 0.1) is 12.0 Å². The first kappa shape index (κ1) is 11.8. The zero-order valence-corrected chi connectivity index (χ0v) is 10.9. The topological polar surface area (TPSA) is 46.2 Å². The van der Waals surface area contributed by atoms with E-state index in [0.717, 1.165) is 11.8 Å². The fraction of sp³-hybridized carbons (Fsp3) is 0.133. The molecule has 94 valence electrons. The van der Waals surface area contributed by atoms with Crippen molar-refractivity contribution < 1.29 is 9.15 Å². The predicted molar refractivity (Wildman–Crippen MR) is 74.4 cm³/mol. The van der Waals surface area contributed by atoms with E-state index >= 15 is 0 Å².